The van der Waals surface area contributed by atoms with Crippen LogP contribution in [0.25, 0.3) is 0 Å². The third-order valence-electron chi connectivity index (χ3n) is 2.40. The van der Waals surface area contributed by atoms with Gasteiger partial charge in [0.05, 0.1) is 0 Å². The zero-order valence-electron chi connectivity index (χ0n) is 8.46. The van der Waals surface area contributed by atoms with Gasteiger partial charge in [0, 0.05) is 52.5 Å². The molecule has 1 aliphatic rings. The molecule has 1 saturated heterocycles. The van der Waals surface area contributed by atoms with Gasteiger partial charge in [-0.05, 0) is 6.42 Å². The second kappa shape index (κ2) is 6.32. The molecule has 1 rings (SSSR count). The average Bonchev–Trinajstić information content (AvgIpc) is 2.16. The lowest BCUT2D eigenvalue weighted by Crippen LogP contribution is -2.48. The molecule has 4 nitrogen and oxygen atoms in total. The molecule has 0 saturated carbocycles. The number of methoxy groups -OCH3 is 1. The van der Waals surface area contributed by atoms with E-state index in [4.69, 9.17) is 10.5 Å². The van der Waals surface area contributed by atoms with Gasteiger partial charge in [-0.2, -0.15) is 0 Å². The monoisotopic (exact) mass is 187 g/mol. The number of hydrogen-bond acceptors (Lipinski definition) is 4. The zero-order valence-corrected chi connectivity index (χ0v) is 8.46. The molecule has 1 heterocycles. The van der Waals surface area contributed by atoms with Crippen LogP contribution in [-0.4, -0.2) is 57.4 Å². The standard InChI is InChI=1S/C9H21N3O/c1-13-7-2-9(10)8-12-5-3-11-4-6-12/h9,11H,2-8,10H2,1H3. The number of nitrogens with two attached hydrogens (primary N) is 1. The lowest BCUT2D eigenvalue weighted by Gasteiger charge is -2.29. The topological polar surface area (TPSA) is 50.5 Å². The van der Waals surface area contributed by atoms with Gasteiger partial charge >= 0.3 is 0 Å². The van der Waals surface area contributed by atoms with Crippen molar-refractivity contribution in [3.8, 4) is 0 Å². The van der Waals surface area contributed by atoms with Crippen LogP contribution in [0.5, 0.6) is 0 Å². The first-order valence-corrected chi connectivity index (χ1v) is 5.00. The Balaban J connectivity index is 2.07. The van der Waals surface area contributed by atoms with E-state index in [1.165, 1.54) is 0 Å². The lowest BCUT2D eigenvalue weighted by atomic mass is 10.2. The molecular formula is C9H21N3O. The maximum absolute atomic E-state index is 5.95. The summed E-state index contributed by atoms with van der Waals surface area (Å²) in [6.07, 6.45) is 0.959. The Labute approximate surface area is 80.4 Å². The van der Waals surface area contributed by atoms with Crippen LogP contribution in [0.4, 0.5) is 0 Å². The largest absolute Gasteiger partial charge is 0.385 e. The van der Waals surface area contributed by atoms with Gasteiger partial charge in [-0.1, -0.05) is 0 Å². The molecular weight excluding hydrogens is 166 g/mol. The molecule has 1 fully saturated rings. The molecule has 0 radical (unpaired) electrons. The summed E-state index contributed by atoms with van der Waals surface area (Å²) >= 11 is 0. The van der Waals surface area contributed by atoms with Gasteiger partial charge in [-0.15, -0.1) is 0 Å². The minimum Gasteiger partial charge on any atom is -0.385 e. The van der Waals surface area contributed by atoms with Crippen LogP contribution in [0.15, 0.2) is 0 Å². The van der Waals surface area contributed by atoms with E-state index in [0.29, 0.717) is 0 Å². The van der Waals surface area contributed by atoms with Crippen molar-refractivity contribution in [2.75, 3.05) is 46.4 Å². The minimum absolute atomic E-state index is 0.262. The highest BCUT2D eigenvalue weighted by molar-refractivity contribution is 4.73. The second-order valence-electron chi connectivity index (χ2n) is 3.59. The Bertz CT molecular complexity index is 126. The quantitative estimate of drug-likeness (QED) is 0.595. The van der Waals surface area contributed by atoms with Crippen molar-refractivity contribution in [1.29, 1.82) is 0 Å². The maximum atomic E-state index is 5.95. The molecule has 13 heavy (non-hydrogen) atoms. The Morgan fingerprint density at radius 3 is 2.77 bits per heavy atom. The van der Waals surface area contributed by atoms with E-state index >= 15 is 0 Å². The molecule has 0 aromatic carbocycles. The average molecular weight is 187 g/mol. The number of rotatable bonds is 5. The summed E-state index contributed by atoms with van der Waals surface area (Å²) in [7, 11) is 1.72. The number of hydrogen-bond donors (Lipinski definition) is 2. The molecule has 1 atom stereocenters. The van der Waals surface area contributed by atoms with Crippen molar-refractivity contribution in [3.05, 3.63) is 0 Å². The lowest BCUT2D eigenvalue weighted by molar-refractivity contribution is 0.170. The van der Waals surface area contributed by atoms with Crippen LogP contribution in [0.3, 0.4) is 0 Å². The molecule has 1 aliphatic heterocycles. The zero-order chi connectivity index (χ0) is 9.52. The predicted octanol–water partition coefficient (Wildman–Crippen LogP) is -0.745. The van der Waals surface area contributed by atoms with E-state index in [9.17, 15) is 0 Å². The molecule has 0 aliphatic carbocycles. The van der Waals surface area contributed by atoms with Crippen LogP contribution in [-0.2, 0) is 4.74 Å². The highest BCUT2D eigenvalue weighted by Gasteiger charge is 2.12. The molecule has 4 heteroatoms. The third-order valence-corrected chi connectivity index (χ3v) is 2.40. The fourth-order valence-electron chi connectivity index (χ4n) is 1.59. The van der Waals surface area contributed by atoms with E-state index in [0.717, 1.165) is 45.8 Å². The smallest absolute Gasteiger partial charge is 0.0477 e. The van der Waals surface area contributed by atoms with Crippen molar-refractivity contribution < 1.29 is 4.74 Å². The Hall–Kier alpha value is -0.160. The van der Waals surface area contributed by atoms with E-state index in [2.05, 4.69) is 10.2 Å². The Morgan fingerprint density at radius 2 is 2.15 bits per heavy atom. The highest BCUT2D eigenvalue weighted by atomic mass is 16.5. The van der Waals surface area contributed by atoms with Gasteiger partial charge in [-0.3, -0.25) is 4.90 Å². The maximum Gasteiger partial charge on any atom is 0.0477 e. The molecule has 0 amide bonds. The van der Waals surface area contributed by atoms with Gasteiger partial charge < -0.3 is 15.8 Å². The van der Waals surface area contributed by atoms with E-state index in [1.807, 2.05) is 0 Å². The molecule has 3 N–H and O–H groups in total. The highest BCUT2D eigenvalue weighted by Crippen LogP contribution is 1.96. The first-order valence-electron chi connectivity index (χ1n) is 5.00. The van der Waals surface area contributed by atoms with Crippen molar-refractivity contribution >= 4 is 0 Å². The normalized spacial score (nSPS) is 21.7. The second-order valence-corrected chi connectivity index (χ2v) is 3.59. The third kappa shape index (κ3) is 4.57. The van der Waals surface area contributed by atoms with E-state index in [1.54, 1.807) is 7.11 Å². The van der Waals surface area contributed by atoms with Crippen LogP contribution in [0.2, 0.25) is 0 Å². The number of ether oxygens (including phenoxy) is 1. The first-order chi connectivity index (χ1) is 6.33. The molecule has 78 valence electrons. The molecule has 0 aromatic rings. The Morgan fingerprint density at radius 1 is 1.46 bits per heavy atom. The predicted molar refractivity (Wildman–Crippen MR) is 53.8 cm³/mol. The summed E-state index contributed by atoms with van der Waals surface area (Å²) in [6, 6.07) is 0.262. The fourth-order valence-corrected chi connectivity index (χ4v) is 1.59. The number of piperazine rings is 1. The van der Waals surface area contributed by atoms with Gasteiger partial charge in [-0.25, -0.2) is 0 Å². The van der Waals surface area contributed by atoms with Gasteiger partial charge in [0.1, 0.15) is 0 Å². The Kier molecular flexibility index (Phi) is 5.31. The van der Waals surface area contributed by atoms with Crippen molar-refractivity contribution in [2.24, 2.45) is 5.73 Å². The summed E-state index contributed by atoms with van der Waals surface area (Å²) < 4.78 is 4.99. The molecule has 0 spiro atoms. The molecule has 0 aromatic heterocycles. The first kappa shape index (κ1) is 10.9. The number of nitrogens with one attached hydrogen (secondary N) is 1. The SMILES string of the molecule is COCCC(N)CN1CCNCC1. The van der Waals surface area contributed by atoms with Crippen LogP contribution < -0.4 is 11.1 Å². The van der Waals surface area contributed by atoms with Crippen molar-refractivity contribution in [2.45, 2.75) is 12.5 Å². The summed E-state index contributed by atoms with van der Waals surface area (Å²) in [5.74, 6) is 0. The summed E-state index contributed by atoms with van der Waals surface area (Å²) in [6.45, 7) is 6.22. The van der Waals surface area contributed by atoms with Gasteiger partial charge in [0.2, 0.25) is 0 Å². The number of nitrogens with zero attached hydrogens (tertiary/aromatic N) is 1. The van der Waals surface area contributed by atoms with E-state index in [-0.39, 0.29) is 6.04 Å². The summed E-state index contributed by atoms with van der Waals surface area (Å²) in [4.78, 5) is 2.41. The van der Waals surface area contributed by atoms with E-state index < -0.39 is 0 Å². The molecule has 1 unspecified atom stereocenters. The van der Waals surface area contributed by atoms with Crippen LogP contribution in [0.1, 0.15) is 6.42 Å². The van der Waals surface area contributed by atoms with Crippen LogP contribution >= 0.6 is 0 Å². The van der Waals surface area contributed by atoms with Crippen molar-refractivity contribution in [1.82, 2.24) is 10.2 Å². The summed E-state index contributed by atoms with van der Waals surface area (Å²) in [5.41, 5.74) is 5.95. The van der Waals surface area contributed by atoms with Gasteiger partial charge in [0.25, 0.3) is 0 Å². The summed E-state index contributed by atoms with van der Waals surface area (Å²) in [5, 5.41) is 3.32. The fraction of sp³-hybridized carbons (Fsp3) is 1.00. The van der Waals surface area contributed by atoms with Crippen LogP contribution in [0, 0.1) is 0 Å². The molecule has 0 bridgehead atoms. The minimum atomic E-state index is 0.262. The van der Waals surface area contributed by atoms with Gasteiger partial charge in [0.15, 0.2) is 0 Å². The van der Waals surface area contributed by atoms with Crippen molar-refractivity contribution in [3.63, 3.8) is 0 Å².